The van der Waals surface area contributed by atoms with Gasteiger partial charge in [0.2, 0.25) is 0 Å². The molecule has 1 heterocycles. The first-order valence-corrected chi connectivity index (χ1v) is 6.32. The molecule has 7 heteroatoms. The number of aliphatic carboxylic acids is 1. The van der Waals surface area contributed by atoms with Crippen molar-refractivity contribution in [2.75, 3.05) is 25.6 Å². The second kappa shape index (κ2) is 8.87. The second-order valence-electron chi connectivity index (χ2n) is 4.17. The van der Waals surface area contributed by atoms with Crippen molar-refractivity contribution < 1.29 is 19.4 Å². The van der Waals surface area contributed by atoms with Crippen molar-refractivity contribution in [2.45, 2.75) is 19.3 Å². The molecule has 0 saturated carbocycles. The van der Waals surface area contributed by atoms with Crippen LogP contribution in [0.3, 0.4) is 0 Å². The van der Waals surface area contributed by atoms with Crippen LogP contribution in [-0.4, -0.2) is 42.4 Å². The van der Waals surface area contributed by atoms with E-state index in [9.17, 15) is 9.59 Å². The number of hydrogen-bond acceptors (Lipinski definition) is 4. The van der Waals surface area contributed by atoms with Gasteiger partial charge in [-0.2, -0.15) is 0 Å². The van der Waals surface area contributed by atoms with Gasteiger partial charge < -0.3 is 15.2 Å². The van der Waals surface area contributed by atoms with Gasteiger partial charge in [0.1, 0.15) is 5.82 Å². The molecule has 110 valence electrons. The molecular weight excluding hydrogens is 262 g/mol. The molecule has 0 radical (unpaired) electrons. The summed E-state index contributed by atoms with van der Waals surface area (Å²) in [5, 5.41) is 13.6. The monoisotopic (exact) mass is 281 g/mol. The Bertz CT molecular complexity index is 451. The van der Waals surface area contributed by atoms with E-state index in [1.54, 1.807) is 19.4 Å². The Labute approximate surface area is 117 Å². The zero-order valence-corrected chi connectivity index (χ0v) is 11.4. The molecule has 0 aromatic carbocycles. The van der Waals surface area contributed by atoms with E-state index in [1.165, 1.54) is 0 Å². The van der Waals surface area contributed by atoms with Crippen LogP contribution in [-0.2, 0) is 16.0 Å². The highest BCUT2D eigenvalue weighted by Crippen LogP contribution is 2.07. The Balaban J connectivity index is 2.35. The number of methoxy groups -OCH3 is 1. The van der Waals surface area contributed by atoms with E-state index in [-0.39, 0.29) is 6.42 Å². The predicted octanol–water partition coefficient (Wildman–Crippen LogP) is 1.26. The lowest BCUT2D eigenvalue weighted by Gasteiger charge is -2.07. The van der Waals surface area contributed by atoms with Crippen LogP contribution >= 0.6 is 0 Å². The lowest BCUT2D eigenvalue weighted by atomic mass is 10.2. The highest BCUT2D eigenvalue weighted by atomic mass is 16.5. The molecule has 2 amide bonds. The van der Waals surface area contributed by atoms with Crippen LogP contribution in [0.1, 0.15) is 18.4 Å². The molecule has 0 spiro atoms. The molecule has 1 aromatic heterocycles. The Kier molecular flexibility index (Phi) is 7.05. The van der Waals surface area contributed by atoms with Crippen LogP contribution in [0.15, 0.2) is 18.3 Å². The second-order valence-corrected chi connectivity index (χ2v) is 4.17. The van der Waals surface area contributed by atoms with Gasteiger partial charge in [-0.1, -0.05) is 0 Å². The normalized spacial score (nSPS) is 10.1. The van der Waals surface area contributed by atoms with Gasteiger partial charge in [0.05, 0.1) is 6.61 Å². The fourth-order valence-corrected chi connectivity index (χ4v) is 1.52. The lowest BCUT2D eigenvalue weighted by molar-refractivity contribution is -0.137. The average molecular weight is 281 g/mol. The molecule has 3 N–H and O–H groups in total. The molecule has 20 heavy (non-hydrogen) atoms. The summed E-state index contributed by atoms with van der Waals surface area (Å²) in [5.41, 5.74) is 1.02. The quantitative estimate of drug-likeness (QED) is 0.623. The van der Waals surface area contributed by atoms with Gasteiger partial charge in [-0.05, 0) is 30.5 Å². The third-order valence-corrected chi connectivity index (χ3v) is 2.51. The molecule has 7 nitrogen and oxygen atoms in total. The predicted molar refractivity (Wildman–Crippen MR) is 73.7 cm³/mol. The molecule has 0 fully saturated rings. The van der Waals surface area contributed by atoms with Crippen molar-refractivity contribution in [3.63, 3.8) is 0 Å². The summed E-state index contributed by atoms with van der Waals surface area (Å²) in [6.45, 7) is 0.909. The van der Waals surface area contributed by atoms with Gasteiger partial charge in [0.15, 0.2) is 0 Å². The molecule has 0 aliphatic carbocycles. The van der Waals surface area contributed by atoms with Crippen LogP contribution < -0.4 is 10.6 Å². The number of anilines is 1. The number of pyridine rings is 1. The maximum Gasteiger partial charge on any atom is 0.320 e. The highest BCUT2D eigenvalue weighted by molar-refractivity contribution is 5.88. The van der Waals surface area contributed by atoms with Crippen LogP contribution in [0.2, 0.25) is 0 Å². The molecule has 0 aliphatic heterocycles. The van der Waals surface area contributed by atoms with E-state index < -0.39 is 12.0 Å². The smallest absolute Gasteiger partial charge is 0.320 e. The molecule has 1 aromatic rings. The van der Waals surface area contributed by atoms with Crippen molar-refractivity contribution in [2.24, 2.45) is 0 Å². The fourth-order valence-electron chi connectivity index (χ4n) is 1.52. The number of rotatable bonds is 8. The van der Waals surface area contributed by atoms with Crippen molar-refractivity contribution in [3.8, 4) is 0 Å². The SMILES string of the molecule is COCCc1ccnc(NC(=O)NCCCC(=O)O)c1. The zero-order chi connectivity index (χ0) is 14.8. The number of carboxylic acids is 1. The van der Waals surface area contributed by atoms with Gasteiger partial charge in [-0.15, -0.1) is 0 Å². The van der Waals surface area contributed by atoms with Gasteiger partial charge in [0, 0.05) is 26.3 Å². The summed E-state index contributed by atoms with van der Waals surface area (Å²) in [7, 11) is 1.63. The maximum absolute atomic E-state index is 11.5. The number of hydrogen-bond donors (Lipinski definition) is 3. The molecule has 0 aliphatic rings. The third kappa shape index (κ3) is 6.69. The summed E-state index contributed by atoms with van der Waals surface area (Å²) in [6, 6.07) is 3.23. The Morgan fingerprint density at radius 1 is 1.45 bits per heavy atom. The summed E-state index contributed by atoms with van der Waals surface area (Å²) in [5.74, 6) is -0.422. The number of nitrogens with one attached hydrogen (secondary N) is 2. The van der Waals surface area contributed by atoms with Gasteiger partial charge >= 0.3 is 12.0 Å². The number of carbonyl (C=O) groups excluding carboxylic acids is 1. The topological polar surface area (TPSA) is 101 Å². The van der Waals surface area contributed by atoms with Crippen molar-refractivity contribution >= 4 is 17.8 Å². The summed E-state index contributed by atoms with van der Waals surface area (Å²) >= 11 is 0. The van der Waals surface area contributed by atoms with Gasteiger partial charge in [-0.3, -0.25) is 10.1 Å². The number of carboxylic acid groups (broad SMARTS) is 1. The van der Waals surface area contributed by atoms with E-state index >= 15 is 0 Å². The molecular formula is C13H19N3O4. The van der Waals surface area contributed by atoms with E-state index in [0.717, 1.165) is 12.0 Å². The fraction of sp³-hybridized carbons (Fsp3) is 0.462. The third-order valence-electron chi connectivity index (χ3n) is 2.51. The number of carbonyl (C=O) groups is 2. The van der Waals surface area contributed by atoms with E-state index in [2.05, 4.69) is 15.6 Å². The largest absolute Gasteiger partial charge is 0.481 e. The van der Waals surface area contributed by atoms with E-state index in [4.69, 9.17) is 9.84 Å². The van der Waals surface area contributed by atoms with E-state index in [1.807, 2.05) is 6.07 Å². The Morgan fingerprint density at radius 3 is 2.95 bits per heavy atom. The Morgan fingerprint density at radius 2 is 2.25 bits per heavy atom. The average Bonchev–Trinajstić information content (AvgIpc) is 2.41. The first kappa shape index (κ1) is 15.9. The van der Waals surface area contributed by atoms with Crippen molar-refractivity contribution in [1.29, 1.82) is 0 Å². The highest BCUT2D eigenvalue weighted by Gasteiger charge is 2.04. The van der Waals surface area contributed by atoms with E-state index in [0.29, 0.717) is 25.4 Å². The molecule has 0 atom stereocenters. The van der Waals surface area contributed by atoms with Crippen molar-refractivity contribution in [1.82, 2.24) is 10.3 Å². The number of ether oxygens (including phenoxy) is 1. The van der Waals surface area contributed by atoms with Gasteiger partial charge in [-0.25, -0.2) is 9.78 Å². The maximum atomic E-state index is 11.5. The number of nitrogens with zero attached hydrogens (tertiary/aromatic N) is 1. The van der Waals surface area contributed by atoms with Crippen LogP contribution in [0, 0.1) is 0 Å². The standard InChI is InChI=1S/C13H19N3O4/c1-20-8-5-10-4-7-14-11(9-10)16-13(19)15-6-2-3-12(17)18/h4,7,9H,2-3,5-6,8H2,1H3,(H,17,18)(H2,14,15,16,19). The zero-order valence-electron chi connectivity index (χ0n) is 11.4. The van der Waals surface area contributed by atoms with Gasteiger partial charge in [0.25, 0.3) is 0 Å². The number of urea groups is 1. The molecule has 1 rings (SSSR count). The Hall–Kier alpha value is -2.15. The number of aromatic nitrogens is 1. The summed E-state index contributed by atoms with van der Waals surface area (Å²) in [6.07, 6.45) is 2.79. The number of amides is 2. The first-order valence-electron chi connectivity index (χ1n) is 6.32. The first-order chi connectivity index (χ1) is 9.61. The summed E-state index contributed by atoms with van der Waals surface area (Å²) in [4.78, 5) is 25.9. The molecule has 0 saturated heterocycles. The van der Waals surface area contributed by atoms with Crippen LogP contribution in [0.4, 0.5) is 10.6 Å². The minimum absolute atomic E-state index is 0.0328. The molecule has 0 bridgehead atoms. The minimum Gasteiger partial charge on any atom is -0.481 e. The lowest BCUT2D eigenvalue weighted by Crippen LogP contribution is -2.30. The molecule has 0 unspecified atom stereocenters. The minimum atomic E-state index is -0.875. The van der Waals surface area contributed by atoms with Crippen molar-refractivity contribution in [3.05, 3.63) is 23.9 Å². The summed E-state index contributed by atoms with van der Waals surface area (Å²) < 4.78 is 4.98. The van der Waals surface area contributed by atoms with Crippen LogP contribution in [0.5, 0.6) is 0 Å². The van der Waals surface area contributed by atoms with Crippen LogP contribution in [0.25, 0.3) is 0 Å².